The van der Waals surface area contributed by atoms with Crippen LogP contribution in [-0.4, -0.2) is 35.6 Å². The van der Waals surface area contributed by atoms with Crippen molar-refractivity contribution < 1.29 is 14.6 Å². The maximum Gasteiger partial charge on any atom is 0.260 e. The number of benzene rings is 1. The Morgan fingerprint density at radius 1 is 1.33 bits per heavy atom. The van der Waals surface area contributed by atoms with Crippen LogP contribution in [0.3, 0.4) is 0 Å². The van der Waals surface area contributed by atoms with Crippen molar-refractivity contribution in [2.75, 3.05) is 19.7 Å². The van der Waals surface area contributed by atoms with Crippen LogP contribution in [0.15, 0.2) is 18.2 Å². The van der Waals surface area contributed by atoms with E-state index in [2.05, 4.69) is 0 Å². The number of likely N-dealkylation sites (tertiary alicyclic amines) is 1. The van der Waals surface area contributed by atoms with E-state index in [1.54, 1.807) is 25.1 Å². The molecule has 0 unspecified atom stereocenters. The van der Waals surface area contributed by atoms with E-state index in [1.165, 1.54) is 6.42 Å². The van der Waals surface area contributed by atoms with Crippen molar-refractivity contribution in [2.24, 2.45) is 0 Å². The van der Waals surface area contributed by atoms with E-state index in [1.807, 2.05) is 4.90 Å². The molecule has 98 valence electrons. The largest absolute Gasteiger partial charge is 0.508 e. The first-order valence-electron chi connectivity index (χ1n) is 6.37. The van der Waals surface area contributed by atoms with E-state index >= 15 is 0 Å². The Bertz CT molecular complexity index is 425. The molecule has 4 heteroatoms. The average Bonchev–Trinajstić information content (AvgIpc) is 2.41. The Balaban J connectivity index is 1.90. The number of amides is 1. The van der Waals surface area contributed by atoms with Gasteiger partial charge in [-0.1, -0.05) is 6.07 Å². The summed E-state index contributed by atoms with van der Waals surface area (Å²) in [5.41, 5.74) is 0.670. The Kier molecular flexibility index (Phi) is 4.07. The number of carbonyl (C=O) groups is 1. The van der Waals surface area contributed by atoms with Crippen molar-refractivity contribution in [1.29, 1.82) is 0 Å². The normalized spacial score (nSPS) is 15.5. The molecule has 1 N–H and O–H groups in total. The summed E-state index contributed by atoms with van der Waals surface area (Å²) in [6.07, 6.45) is 3.37. The van der Waals surface area contributed by atoms with Crippen LogP contribution >= 0.6 is 0 Å². The molecule has 0 radical (unpaired) electrons. The molecular formula is C14H19NO3. The molecule has 0 atom stereocenters. The fraction of sp³-hybridized carbons (Fsp3) is 0.500. The van der Waals surface area contributed by atoms with Crippen molar-refractivity contribution >= 4 is 5.91 Å². The van der Waals surface area contributed by atoms with Gasteiger partial charge in [-0.05, 0) is 38.3 Å². The topological polar surface area (TPSA) is 49.8 Å². The van der Waals surface area contributed by atoms with Crippen molar-refractivity contribution in [1.82, 2.24) is 4.90 Å². The number of nitrogens with zero attached hydrogens (tertiary/aromatic N) is 1. The van der Waals surface area contributed by atoms with Crippen molar-refractivity contribution in [3.63, 3.8) is 0 Å². The molecule has 0 spiro atoms. The van der Waals surface area contributed by atoms with E-state index in [-0.39, 0.29) is 18.3 Å². The molecule has 1 heterocycles. The quantitative estimate of drug-likeness (QED) is 0.892. The van der Waals surface area contributed by atoms with Gasteiger partial charge in [0.2, 0.25) is 0 Å². The number of rotatable bonds is 3. The number of piperidine rings is 1. The standard InChI is InChI=1S/C14H19NO3/c1-11-12(16)6-5-7-13(11)18-10-14(17)15-8-3-2-4-9-15/h5-7,16H,2-4,8-10H2,1H3. The van der Waals surface area contributed by atoms with Crippen molar-refractivity contribution in [2.45, 2.75) is 26.2 Å². The second-order valence-corrected chi connectivity index (χ2v) is 4.63. The first kappa shape index (κ1) is 12.7. The number of phenols is 1. The zero-order valence-corrected chi connectivity index (χ0v) is 10.7. The van der Waals surface area contributed by atoms with Gasteiger partial charge in [-0.2, -0.15) is 0 Å². The lowest BCUT2D eigenvalue weighted by atomic mass is 10.1. The fourth-order valence-electron chi connectivity index (χ4n) is 2.13. The summed E-state index contributed by atoms with van der Waals surface area (Å²) >= 11 is 0. The van der Waals surface area contributed by atoms with Crippen LogP contribution < -0.4 is 4.74 Å². The van der Waals surface area contributed by atoms with Crippen LogP contribution in [0.25, 0.3) is 0 Å². The van der Waals surface area contributed by atoms with Gasteiger partial charge in [-0.25, -0.2) is 0 Å². The minimum Gasteiger partial charge on any atom is -0.508 e. The molecule has 1 aliphatic heterocycles. The molecule has 18 heavy (non-hydrogen) atoms. The Morgan fingerprint density at radius 2 is 2.06 bits per heavy atom. The molecule has 1 aromatic rings. The molecule has 1 aromatic carbocycles. The second kappa shape index (κ2) is 5.76. The SMILES string of the molecule is Cc1c(O)cccc1OCC(=O)N1CCCCC1. The number of hydrogen-bond acceptors (Lipinski definition) is 3. The van der Waals surface area contributed by atoms with Gasteiger partial charge < -0.3 is 14.7 Å². The van der Waals surface area contributed by atoms with Crippen LogP contribution in [0.2, 0.25) is 0 Å². The molecule has 4 nitrogen and oxygen atoms in total. The van der Waals surface area contributed by atoms with Crippen LogP contribution in [0, 0.1) is 6.92 Å². The lowest BCUT2D eigenvalue weighted by Crippen LogP contribution is -2.38. The zero-order chi connectivity index (χ0) is 13.0. The summed E-state index contributed by atoms with van der Waals surface area (Å²) in [6, 6.07) is 5.08. The van der Waals surface area contributed by atoms with Gasteiger partial charge >= 0.3 is 0 Å². The number of phenolic OH excluding ortho intramolecular Hbond substituents is 1. The van der Waals surface area contributed by atoms with Crippen molar-refractivity contribution in [3.8, 4) is 11.5 Å². The number of carbonyl (C=O) groups excluding carboxylic acids is 1. The van der Waals surface area contributed by atoms with Gasteiger partial charge in [-0.3, -0.25) is 4.79 Å². The molecule has 0 bridgehead atoms. The first-order chi connectivity index (χ1) is 8.68. The molecule has 1 aliphatic rings. The zero-order valence-electron chi connectivity index (χ0n) is 10.7. The molecule has 1 fully saturated rings. The highest BCUT2D eigenvalue weighted by molar-refractivity contribution is 5.77. The first-order valence-corrected chi connectivity index (χ1v) is 6.37. The van der Waals surface area contributed by atoms with Crippen molar-refractivity contribution in [3.05, 3.63) is 23.8 Å². The summed E-state index contributed by atoms with van der Waals surface area (Å²) in [7, 11) is 0. The maximum atomic E-state index is 11.9. The Hall–Kier alpha value is -1.71. The minimum atomic E-state index is 0.0254. The molecule has 0 aliphatic carbocycles. The Morgan fingerprint density at radius 3 is 2.78 bits per heavy atom. The molecule has 0 saturated carbocycles. The summed E-state index contributed by atoms with van der Waals surface area (Å²) in [4.78, 5) is 13.8. The van der Waals surface area contributed by atoms with Gasteiger partial charge in [0.05, 0.1) is 0 Å². The van der Waals surface area contributed by atoms with Gasteiger partial charge in [0.25, 0.3) is 5.91 Å². The summed E-state index contributed by atoms with van der Waals surface area (Å²) in [5, 5.41) is 9.54. The van der Waals surface area contributed by atoms with Crippen LogP contribution in [0.5, 0.6) is 11.5 Å². The van der Waals surface area contributed by atoms with Gasteiger partial charge in [0.15, 0.2) is 6.61 Å². The molecule has 1 saturated heterocycles. The number of hydrogen-bond donors (Lipinski definition) is 1. The predicted molar refractivity (Wildman–Crippen MR) is 68.8 cm³/mol. The monoisotopic (exact) mass is 249 g/mol. The summed E-state index contributed by atoms with van der Waals surface area (Å²) in [5.74, 6) is 0.788. The summed E-state index contributed by atoms with van der Waals surface area (Å²) < 4.78 is 5.48. The lowest BCUT2D eigenvalue weighted by Gasteiger charge is -2.26. The van der Waals surface area contributed by atoms with E-state index in [0.29, 0.717) is 11.3 Å². The second-order valence-electron chi connectivity index (χ2n) is 4.63. The smallest absolute Gasteiger partial charge is 0.260 e. The van der Waals surface area contributed by atoms with Gasteiger partial charge in [-0.15, -0.1) is 0 Å². The highest BCUT2D eigenvalue weighted by atomic mass is 16.5. The van der Waals surface area contributed by atoms with Crippen LogP contribution in [0.4, 0.5) is 0 Å². The molecule has 2 rings (SSSR count). The van der Waals surface area contributed by atoms with E-state index in [0.717, 1.165) is 25.9 Å². The molecular weight excluding hydrogens is 230 g/mol. The lowest BCUT2D eigenvalue weighted by molar-refractivity contribution is -0.134. The maximum absolute atomic E-state index is 11.9. The third-order valence-corrected chi connectivity index (χ3v) is 3.32. The van der Waals surface area contributed by atoms with Gasteiger partial charge in [0, 0.05) is 18.7 Å². The van der Waals surface area contributed by atoms with Crippen LogP contribution in [0.1, 0.15) is 24.8 Å². The highest BCUT2D eigenvalue weighted by Gasteiger charge is 2.17. The van der Waals surface area contributed by atoms with E-state index in [4.69, 9.17) is 4.74 Å². The third kappa shape index (κ3) is 2.94. The minimum absolute atomic E-state index is 0.0254. The molecule has 1 amide bonds. The Labute approximate surface area is 107 Å². The van der Waals surface area contributed by atoms with Crippen LogP contribution in [-0.2, 0) is 4.79 Å². The highest BCUT2D eigenvalue weighted by Crippen LogP contribution is 2.25. The van der Waals surface area contributed by atoms with Gasteiger partial charge in [0.1, 0.15) is 11.5 Å². The number of ether oxygens (including phenoxy) is 1. The third-order valence-electron chi connectivity index (χ3n) is 3.32. The average molecular weight is 249 g/mol. The molecule has 0 aromatic heterocycles. The summed E-state index contributed by atoms with van der Waals surface area (Å²) in [6.45, 7) is 3.49. The fourth-order valence-corrected chi connectivity index (χ4v) is 2.13. The number of aromatic hydroxyl groups is 1. The van der Waals surface area contributed by atoms with E-state index < -0.39 is 0 Å². The predicted octanol–water partition coefficient (Wildman–Crippen LogP) is 2.09. The van der Waals surface area contributed by atoms with E-state index in [9.17, 15) is 9.90 Å².